The van der Waals surface area contributed by atoms with E-state index < -0.39 is 0 Å². The number of ether oxygens (including phenoxy) is 1. The van der Waals surface area contributed by atoms with Gasteiger partial charge in [-0.2, -0.15) is 0 Å². The van der Waals surface area contributed by atoms with Gasteiger partial charge >= 0.3 is 0 Å². The molecule has 0 saturated carbocycles. The second-order valence-electron chi connectivity index (χ2n) is 4.48. The van der Waals surface area contributed by atoms with Crippen molar-refractivity contribution in [1.29, 1.82) is 0 Å². The summed E-state index contributed by atoms with van der Waals surface area (Å²) in [5.74, 6) is 0. The molecule has 0 fully saturated rings. The van der Waals surface area contributed by atoms with Crippen molar-refractivity contribution in [1.82, 2.24) is 10.3 Å². The Hall–Kier alpha value is -1.23. The second kappa shape index (κ2) is 7.38. The monoisotopic (exact) mass is 276 g/mol. The Bertz CT molecular complexity index is 484. The summed E-state index contributed by atoms with van der Waals surface area (Å²) < 4.78 is 5.29. The number of hydrogen-bond acceptors (Lipinski definition) is 4. The highest BCUT2D eigenvalue weighted by Crippen LogP contribution is 2.13. The van der Waals surface area contributed by atoms with E-state index in [-0.39, 0.29) is 6.04 Å². The van der Waals surface area contributed by atoms with E-state index in [0.29, 0.717) is 6.61 Å². The predicted octanol–water partition coefficient (Wildman–Crippen LogP) is 2.97. The first-order chi connectivity index (χ1) is 9.29. The van der Waals surface area contributed by atoms with Gasteiger partial charge in [0.05, 0.1) is 23.4 Å². The highest BCUT2D eigenvalue weighted by molar-refractivity contribution is 7.09. The van der Waals surface area contributed by atoms with E-state index in [9.17, 15) is 0 Å². The minimum absolute atomic E-state index is 0.242. The third-order valence-electron chi connectivity index (χ3n) is 2.97. The maximum atomic E-state index is 5.29. The van der Waals surface area contributed by atoms with Crippen LogP contribution in [-0.2, 0) is 11.2 Å². The Balaban J connectivity index is 1.87. The molecule has 1 atom stereocenters. The van der Waals surface area contributed by atoms with E-state index >= 15 is 0 Å². The highest BCUT2D eigenvalue weighted by atomic mass is 32.1. The van der Waals surface area contributed by atoms with Crippen LogP contribution in [0.25, 0.3) is 0 Å². The molecule has 0 radical (unpaired) electrons. The normalized spacial score (nSPS) is 12.5. The summed E-state index contributed by atoms with van der Waals surface area (Å²) in [5, 5.41) is 6.80. The van der Waals surface area contributed by atoms with Crippen molar-refractivity contribution in [3.63, 3.8) is 0 Å². The van der Waals surface area contributed by atoms with E-state index in [2.05, 4.69) is 39.9 Å². The van der Waals surface area contributed by atoms with Crippen LogP contribution in [0.4, 0.5) is 0 Å². The fourth-order valence-electron chi connectivity index (χ4n) is 2.02. The Labute approximate surface area is 118 Å². The summed E-state index contributed by atoms with van der Waals surface area (Å²) in [6.07, 6.45) is 0.956. The van der Waals surface area contributed by atoms with E-state index in [4.69, 9.17) is 4.74 Å². The molecule has 1 aromatic carbocycles. The van der Waals surface area contributed by atoms with Crippen LogP contribution >= 0.6 is 11.3 Å². The molecule has 1 N–H and O–H groups in total. The summed E-state index contributed by atoms with van der Waals surface area (Å²) in [5.41, 5.74) is 2.43. The molecule has 102 valence electrons. The first-order valence-electron chi connectivity index (χ1n) is 6.48. The Morgan fingerprint density at radius 2 is 2.11 bits per heavy atom. The van der Waals surface area contributed by atoms with E-state index in [1.54, 1.807) is 18.4 Å². The molecular weight excluding hydrogens is 256 g/mol. The van der Waals surface area contributed by atoms with Crippen molar-refractivity contribution in [3.8, 4) is 0 Å². The standard InChI is InChI=1S/C15H20N2OS/c1-12-17-14(11-19-12)8-9-16-15(10-18-2)13-6-4-3-5-7-13/h3-7,11,15-16H,8-10H2,1-2H3. The van der Waals surface area contributed by atoms with E-state index in [1.807, 2.05) is 13.0 Å². The highest BCUT2D eigenvalue weighted by Gasteiger charge is 2.10. The van der Waals surface area contributed by atoms with Gasteiger partial charge in [-0.05, 0) is 12.5 Å². The lowest BCUT2D eigenvalue weighted by Gasteiger charge is -2.18. The SMILES string of the molecule is COCC(NCCc1csc(C)n1)c1ccccc1. The molecule has 1 aromatic heterocycles. The number of benzene rings is 1. The molecule has 0 aliphatic carbocycles. The number of nitrogens with one attached hydrogen (secondary N) is 1. The molecule has 1 unspecified atom stereocenters. The van der Waals surface area contributed by atoms with Crippen LogP contribution in [0.1, 0.15) is 22.3 Å². The van der Waals surface area contributed by atoms with Crippen LogP contribution in [0.2, 0.25) is 0 Å². The predicted molar refractivity (Wildman–Crippen MR) is 79.6 cm³/mol. The molecule has 0 saturated heterocycles. The summed E-state index contributed by atoms with van der Waals surface area (Å²) >= 11 is 1.71. The van der Waals surface area contributed by atoms with Gasteiger partial charge in [0.15, 0.2) is 0 Å². The van der Waals surface area contributed by atoms with E-state index in [1.165, 1.54) is 11.3 Å². The average Bonchev–Trinajstić information content (AvgIpc) is 2.84. The van der Waals surface area contributed by atoms with Gasteiger partial charge in [-0.1, -0.05) is 30.3 Å². The van der Waals surface area contributed by atoms with Crippen LogP contribution in [-0.4, -0.2) is 25.2 Å². The molecule has 2 aromatic rings. The summed E-state index contributed by atoms with van der Waals surface area (Å²) in [7, 11) is 1.74. The number of methoxy groups -OCH3 is 1. The van der Waals surface area contributed by atoms with Gasteiger partial charge in [-0.25, -0.2) is 4.98 Å². The molecule has 0 spiro atoms. The van der Waals surface area contributed by atoms with Crippen LogP contribution in [0, 0.1) is 6.92 Å². The first-order valence-corrected chi connectivity index (χ1v) is 7.36. The zero-order valence-corrected chi connectivity index (χ0v) is 12.2. The maximum absolute atomic E-state index is 5.29. The van der Waals surface area contributed by atoms with Crippen LogP contribution in [0.15, 0.2) is 35.7 Å². The van der Waals surface area contributed by atoms with Gasteiger partial charge in [-0.15, -0.1) is 11.3 Å². The van der Waals surface area contributed by atoms with Gasteiger partial charge in [0.25, 0.3) is 0 Å². The van der Waals surface area contributed by atoms with Crippen molar-refractivity contribution in [3.05, 3.63) is 52.0 Å². The average molecular weight is 276 g/mol. The van der Waals surface area contributed by atoms with E-state index in [0.717, 1.165) is 18.0 Å². The molecule has 0 aliphatic heterocycles. The third-order valence-corrected chi connectivity index (χ3v) is 3.80. The minimum Gasteiger partial charge on any atom is -0.383 e. The zero-order chi connectivity index (χ0) is 13.5. The molecule has 0 bridgehead atoms. The van der Waals surface area contributed by atoms with Crippen molar-refractivity contribution in [2.45, 2.75) is 19.4 Å². The van der Waals surface area contributed by atoms with Crippen molar-refractivity contribution in [2.75, 3.05) is 20.3 Å². The molecule has 19 heavy (non-hydrogen) atoms. The molecule has 0 amide bonds. The first kappa shape index (κ1) is 14.2. The van der Waals surface area contributed by atoms with Crippen LogP contribution in [0.5, 0.6) is 0 Å². The smallest absolute Gasteiger partial charge is 0.0897 e. The lowest BCUT2D eigenvalue weighted by molar-refractivity contribution is 0.167. The summed E-state index contributed by atoms with van der Waals surface area (Å²) in [4.78, 5) is 4.47. The second-order valence-corrected chi connectivity index (χ2v) is 5.54. The summed E-state index contributed by atoms with van der Waals surface area (Å²) in [6, 6.07) is 10.7. The molecule has 4 heteroatoms. The number of thiazole rings is 1. The number of nitrogens with zero attached hydrogens (tertiary/aromatic N) is 1. The lowest BCUT2D eigenvalue weighted by atomic mass is 10.1. The number of aromatic nitrogens is 1. The number of aryl methyl sites for hydroxylation is 1. The zero-order valence-electron chi connectivity index (χ0n) is 11.4. The van der Waals surface area contributed by atoms with Crippen LogP contribution in [0.3, 0.4) is 0 Å². The van der Waals surface area contributed by atoms with Gasteiger partial charge < -0.3 is 10.1 Å². The number of rotatable bonds is 7. The van der Waals surface area contributed by atoms with Crippen LogP contribution < -0.4 is 5.32 Å². The largest absolute Gasteiger partial charge is 0.383 e. The topological polar surface area (TPSA) is 34.1 Å². The maximum Gasteiger partial charge on any atom is 0.0897 e. The van der Waals surface area contributed by atoms with Crippen molar-refractivity contribution in [2.24, 2.45) is 0 Å². The third kappa shape index (κ3) is 4.42. The quantitative estimate of drug-likeness (QED) is 0.844. The van der Waals surface area contributed by atoms with Crippen molar-refractivity contribution < 1.29 is 4.74 Å². The Kier molecular flexibility index (Phi) is 5.51. The molecule has 3 nitrogen and oxygen atoms in total. The Morgan fingerprint density at radius 1 is 1.32 bits per heavy atom. The van der Waals surface area contributed by atoms with Crippen molar-refractivity contribution >= 4 is 11.3 Å². The number of hydrogen-bond donors (Lipinski definition) is 1. The molecular formula is C15H20N2OS. The molecule has 0 aliphatic rings. The lowest BCUT2D eigenvalue weighted by Crippen LogP contribution is -2.27. The Morgan fingerprint density at radius 3 is 2.74 bits per heavy atom. The van der Waals surface area contributed by atoms with Gasteiger partial charge in [-0.3, -0.25) is 0 Å². The fourth-order valence-corrected chi connectivity index (χ4v) is 2.67. The van der Waals surface area contributed by atoms with Gasteiger partial charge in [0, 0.05) is 25.5 Å². The summed E-state index contributed by atoms with van der Waals surface area (Å²) in [6.45, 7) is 3.63. The van der Waals surface area contributed by atoms with Gasteiger partial charge in [0.2, 0.25) is 0 Å². The molecule has 1 heterocycles. The fraction of sp³-hybridized carbons (Fsp3) is 0.400. The minimum atomic E-state index is 0.242. The molecule has 2 rings (SSSR count). The van der Waals surface area contributed by atoms with Gasteiger partial charge in [0.1, 0.15) is 0 Å².